The van der Waals surface area contributed by atoms with Crippen LogP contribution in [0.3, 0.4) is 0 Å². The van der Waals surface area contributed by atoms with E-state index in [9.17, 15) is 23.6 Å². The van der Waals surface area contributed by atoms with Gasteiger partial charge in [-0.25, -0.2) is 4.39 Å². The van der Waals surface area contributed by atoms with E-state index in [4.69, 9.17) is 9.47 Å². The summed E-state index contributed by atoms with van der Waals surface area (Å²) in [7, 11) is 0. The Morgan fingerprint density at radius 2 is 1.82 bits per heavy atom. The average Bonchev–Trinajstić information content (AvgIpc) is 3.72. The lowest BCUT2D eigenvalue weighted by atomic mass is 9.89. The first kappa shape index (κ1) is 32.6. The van der Waals surface area contributed by atoms with Gasteiger partial charge in [0.1, 0.15) is 17.6 Å². The van der Waals surface area contributed by atoms with Crippen molar-refractivity contribution in [2.24, 2.45) is 5.92 Å². The van der Waals surface area contributed by atoms with E-state index in [1.165, 1.54) is 12.1 Å². The molecule has 2 saturated heterocycles. The van der Waals surface area contributed by atoms with Gasteiger partial charge in [-0.15, -0.1) is 0 Å². The smallest absolute Gasteiger partial charge is 0.242 e. The van der Waals surface area contributed by atoms with Crippen LogP contribution in [0.4, 0.5) is 4.39 Å². The first-order valence-corrected chi connectivity index (χ1v) is 16.3. The number of carbonyl (C=O) groups is 4. The molecule has 4 atom stereocenters. The second-order valence-corrected chi connectivity index (χ2v) is 12.4. The fraction of sp³-hybridized carbons (Fsp3) is 0.543. The Balaban J connectivity index is 1.39. The number of amides is 3. The van der Waals surface area contributed by atoms with E-state index in [1.54, 1.807) is 17.0 Å². The number of nitrogens with zero attached hydrogens (tertiary/aromatic N) is 1. The standard InChI is InChI=1S/C35H44FN3O6/c36-27-15-12-24(13-16-27)11-14-26-22-32(40)31(39-17-4-10-33(39)41)21-25-6-3-7-28(20-25)44-18-2-1-9-30(38-34(26)42)35(43)37-23-29-8-5-19-45-29/h3,6-7,12-13,15-16,20,26,29-31H,1-2,4-5,8-11,14,17-19,21-23H2,(H,37,43)(H,38,42)/t26-,29+,30+,31+/m1/s1. The molecule has 2 aromatic rings. The molecular weight excluding hydrogens is 577 g/mol. The maximum atomic E-state index is 14.1. The fourth-order valence-corrected chi connectivity index (χ4v) is 6.42. The van der Waals surface area contributed by atoms with Crippen LogP contribution < -0.4 is 15.4 Å². The second-order valence-electron chi connectivity index (χ2n) is 12.4. The molecular formula is C35H44FN3O6. The van der Waals surface area contributed by atoms with Crippen LogP contribution in [0.15, 0.2) is 48.5 Å². The zero-order valence-electron chi connectivity index (χ0n) is 25.8. The van der Waals surface area contributed by atoms with Crippen molar-refractivity contribution in [3.63, 3.8) is 0 Å². The number of fused-ring (bicyclic) bond motifs is 2. The van der Waals surface area contributed by atoms with Crippen molar-refractivity contribution in [3.05, 3.63) is 65.5 Å². The zero-order chi connectivity index (χ0) is 31.6. The third-order valence-corrected chi connectivity index (χ3v) is 9.02. The molecule has 0 unspecified atom stereocenters. The molecule has 45 heavy (non-hydrogen) atoms. The minimum absolute atomic E-state index is 0.0358. The normalized spacial score (nSPS) is 25.1. The molecule has 2 N–H and O–H groups in total. The molecule has 0 spiro atoms. The van der Waals surface area contributed by atoms with Gasteiger partial charge in [0.25, 0.3) is 0 Å². The Morgan fingerprint density at radius 1 is 0.978 bits per heavy atom. The molecule has 2 aromatic carbocycles. The van der Waals surface area contributed by atoms with Crippen LogP contribution in [0.2, 0.25) is 0 Å². The van der Waals surface area contributed by atoms with E-state index >= 15 is 0 Å². The Morgan fingerprint density at radius 3 is 2.58 bits per heavy atom. The van der Waals surface area contributed by atoms with Crippen molar-refractivity contribution >= 4 is 23.5 Å². The van der Waals surface area contributed by atoms with Gasteiger partial charge in [0, 0.05) is 44.9 Å². The average molecular weight is 622 g/mol. The molecule has 0 aliphatic carbocycles. The van der Waals surface area contributed by atoms with Gasteiger partial charge in [-0.05, 0) is 86.8 Å². The molecule has 3 amide bonds. The van der Waals surface area contributed by atoms with Crippen LogP contribution in [0.1, 0.15) is 68.9 Å². The summed E-state index contributed by atoms with van der Waals surface area (Å²) in [5.74, 6) is -1.31. The van der Waals surface area contributed by atoms with Crippen LogP contribution in [0, 0.1) is 11.7 Å². The van der Waals surface area contributed by atoms with Gasteiger partial charge in [0.15, 0.2) is 5.78 Å². The Labute approximate surface area is 264 Å². The molecule has 2 bridgehead atoms. The van der Waals surface area contributed by atoms with Crippen molar-refractivity contribution in [1.82, 2.24) is 15.5 Å². The monoisotopic (exact) mass is 621 g/mol. The number of hydrogen-bond donors (Lipinski definition) is 2. The molecule has 242 valence electrons. The van der Waals surface area contributed by atoms with Gasteiger partial charge >= 0.3 is 0 Å². The Bertz CT molecular complexity index is 1330. The maximum Gasteiger partial charge on any atom is 0.242 e. The van der Waals surface area contributed by atoms with E-state index in [-0.39, 0.29) is 41.8 Å². The van der Waals surface area contributed by atoms with E-state index in [2.05, 4.69) is 10.6 Å². The SMILES string of the molecule is O=C1N[C@H](C(=O)NC[C@@H]2CCCO2)CCCCOc2cccc(c2)C[C@H](N2CCCC2=O)C(=O)C[C@H]1CCc1ccc(F)cc1. The molecule has 10 heteroatoms. The molecule has 3 heterocycles. The van der Waals surface area contributed by atoms with Crippen LogP contribution in [-0.2, 0) is 36.8 Å². The van der Waals surface area contributed by atoms with E-state index in [0.717, 1.165) is 24.0 Å². The highest BCUT2D eigenvalue weighted by atomic mass is 19.1. The van der Waals surface area contributed by atoms with Crippen LogP contribution in [0.25, 0.3) is 0 Å². The van der Waals surface area contributed by atoms with Crippen molar-refractivity contribution in [2.75, 3.05) is 26.3 Å². The predicted molar refractivity (Wildman–Crippen MR) is 166 cm³/mol. The van der Waals surface area contributed by atoms with Crippen molar-refractivity contribution in [1.29, 1.82) is 0 Å². The summed E-state index contributed by atoms with van der Waals surface area (Å²) in [6.45, 7) is 1.99. The van der Waals surface area contributed by atoms with Crippen molar-refractivity contribution < 1.29 is 33.0 Å². The summed E-state index contributed by atoms with van der Waals surface area (Å²) in [5.41, 5.74) is 1.73. The third-order valence-electron chi connectivity index (χ3n) is 9.02. The van der Waals surface area contributed by atoms with Gasteiger partial charge in [-0.2, -0.15) is 0 Å². The summed E-state index contributed by atoms with van der Waals surface area (Å²) in [4.78, 5) is 55.8. The second kappa shape index (κ2) is 16.0. The molecule has 3 aliphatic heterocycles. The summed E-state index contributed by atoms with van der Waals surface area (Å²) in [6.07, 6.45) is 5.65. The number of benzene rings is 2. The highest BCUT2D eigenvalue weighted by molar-refractivity contribution is 5.94. The topological polar surface area (TPSA) is 114 Å². The summed E-state index contributed by atoms with van der Waals surface area (Å²) < 4.78 is 25.2. The first-order valence-electron chi connectivity index (χ1n) is 16.3. The lowest BCUT2D eigenvalue weighted by Crippen LogP contribution is -2.50. The summed E-state index contributed by atoms with van der Waals surface area (Å²) in [6, 6.07) is 12.2. The molecule has 9 nitrogen and oxygen atoms in total. The molecule has 2 fully saturated rings. The number of halogens is 1. The number of rotatable bonds is 7. The third kappa shape index (κ3) is 9.36. The molecule has 0 radical (unpaired) electrons. The van der Waals surface area contributed by atoms with Gasteiger partial charge in [-0.1, -0.05) is 24.3 Å². The highest BCUT2D eigenvalue weighted by Gasteiger charge is 2.36. The first-order chi connectivity index (χ1) is 21.9. The van der Waals surface area contributed by atoms with Crippen molar-refractivity contribution in [3.8, 4) is 5.75 Å². The quantitative estimate of drug-likeness (QED) is 0.485. The van der Waals surface area contributed by atoms with Crippen LogP contribution >= 0.6 is 0 Å². The van der Waals surface area contributed by atoms with Gasteiger partial charge in [0.05, 0.1) is 18.8 Å². The summed E-state index contributed by atoms with van der Waals surface area (Å²) >= 11 is 0. The van der Waals surface area contributed by atoms with Crippen molar-refractivity contribution in [2.45, 2.75) is 88.8 Å². The number of likely N-dealkylation sites (tertiary alicyclic amines) is 1. The number of aryl methyl sites for hydroxylation is 1. The number of ketones is 1. The number of nitrogens with one attached hydrogen (secondary N) is 2. The number of ether oxygens (including phenoxy) is 2. The zero-order valence-corrected chi connectivity index (χ0v) is 25.8. The minimum atomic E-state index is -0.783. The highest BCUT2D eigenvalue weighted by Crippen LogP contribution is 2.25. The molecule has 0 saturated carbocycles. The van der Waals surface area contributed by atoms with Crippen LogP contribution in [-0.4, -0.2) is 72.9 Å². The Kier molecular flexibility index (Phi) is 11.6. The van der Waals surface area contributed by atoms with Crippen LogP contribution in [0.5, 0.6) is 5.75 Å². The lowest BCUT2D eigenvalue weighted by Gasteiger charge is -2.29. The molecule has 0 aromatic heterocycles. The molecule has 5 rings (SSSR count). The number of hydrogen-bond acceptors (Lipinski definition) is 6. The minimum Gasteiger partial charge on any atom is -0.494 e. The fourth-order valence-electron chi connectivity index (χ4n) is 6.42. The van der Waals surface area contributed by atoms with E-state index in [0.29, 0.717) is 83.4 Å². The van der Waals surface area contributed by atoms with Gasteiger partial charge in [0.2, 0.25) is 17.7 Å². The Hall–Kier alpha value is -3.79. The number of carbonyl (C=O) groups excluding carboxylic acids is 4. The van der Waals surface area contributed by atoms with Gasteiger partial charge in [-0.3, -0.25) is 19.2 Å². The molecule has 3 aliphatic rings. The van der Waals surface area contributed by atoms with Gasteiger partial charge < -0.3 is 25.0 Å². The maximum absolute atomic E-state index is 14.1. The van der Waals surface area contributed by atoms with E-state index < -0.39 is 18.0 Å². The number of Topliss-reactive ketones (excluding diaryl/α,β-unsaturated/α-hetero) is 1. The summed E-state index contributed by atoms with van der Waals surface area (Å²) in [5, 5.41) is 5.91. The largest absolute Gasteiger partial charge is 0.494 e. The lowest BCUT2D eigenvalue weighted by molar-refractivity contribution is -0.138. The predicted octanol–water partition coefficient (Wildman–Crippen LogP) is 3.91. The van der Waals surface area contributed by atoms with E-state index in [1.807, 2.05) is 24.3 Å².